The van der Waals surface area contributed by atoms with Crippen molar-refractivity contribution in [1.29, 1.82) is 0 Å². The summed E-state index contributed by atoms with van der Waals surface area (Å²) >= 11 is 3.28. The van der Waals surface area contributed by atoms with Gasteiger partial charge in [-0.25, -0.2) is 8.78 Å². The van der Waals surface area contributed by atoms with Gasteiger partial charge >= 0.3 is 0 Å². The second-order valence-corrected chi connectivity index (χ2v) is 4.79. The summed E-state index contributed by atoms with van der Waals surface area (Å²) in [7, 11) is 0. The Labute approximate surface area is 117 Å². The van der Waals surface area contributed by atoms with Gasteiger partial charge in [0, 0.05) is 10.0 Å². The van der Waals surface area contributed by atoms with Gasteiger partial charge in [-0.3, -0.25) is 0 Å². The third-order valence-electron chi connectivity index (χ3n) is 2.59. The van der Waals surface area contributed by atoms with Crippen LogP contribution in [-0.4, -0.2) is 5.11 Å². The fourth-order valence-corrected chi connectivity index (χ4v) is 1.95. The van der Waals surface area contributed by atoms with Crippen LogP contribution in [0.2, 0.25) is 0 Å². The Morgan fingerprint density at radius 1 is 1.05 bits per heavy atom. The van der Waals surface area contributed by atoms with Gasteiger partial charge in [0.2, 0.25) is 0 Å². The van der Waals surface area contributed by atoms with E-state index in [0.29, 0.717) is 11.3 Å². The van der Waals surface area contributed by atoms with Gasteiger partial charge in [0.25, 0.3) is 0 Å². The van der Waals surface area contributed by atoms with E-state index in [1.54, 1.807) is 18.2 Å². The van der Waals surface area contributed by atoms with Crippen LogP contribution in [-0.2, 0) is 13.2 Å². The fraction of sp³-hybridized carbons (Fsp3) is 0.143. The van der Waals surface area contributed by atoms with E-state index in [9.17, 15) is 8.78 Å². The summed E-state index contributed by atoms with van der Waals surface area (Å²) in [6.45, 7) is -0.206. The standard InChI is InChI=1S/C14H11BrF2O2/c15-13-3-2-12(6-9(13)7-18)19-8-10-5-11(16)1-4-14(10)17/h1-6,18H,7-8H2. The van der Waals surface area contributed by atoms with Crippen molar-refractivity contribution >= 4 is 15.9 Å². The molecule has 0 heterocycles. The van der Waals surface area contributed by atoms with E-state index in [4.69, 9.17) is 9.84 Å². The lowest BCUT2D eigenvalue weighted by atomic mass is 10.2. The normalized spacial score (nSPS) is 10.5. The SMILES string of the molecule is OCc1cc(OCc2cc(F)ccc2F)ccc1Br. The van der Waals surface area contributed by atoms with E-state index in [2.05, 4.69) is 15.9 Å². The molecule has 0 saturated heterocycles. The number of hydrogen-bond donors (Lipinski definition) is 1. The van der Waals surface area contributed by atoms with Crippen molar-refractivity contribution in [3.63, 3.8) is 0 Å². The van der Waals surface area contributed by atoms with Crippen molar-refractivity contribution in [1.82, 2.24) is 0 Å². The molecule has 2 aromatic rings. The first-order chi connectivity index (χ1) is 9.10. The van der Waals surface area contributed by atoms with Gasteiger partial charge in [0.1, 0.15) is 24.0 Å². The van der Waals surface area contributed by atoms with Gasteiger partial charge in [-0.2, -0.15) is 0 Å². The Bertz CT molecular complexity index is 588. The number of aliphatic hydroxyl groups is 1. The maximum Gasteiger partial charge on any atom is 0.130 e. The van der Waals surface area contributed by atoms with Gasteiger partial charge in [-0.1, -0.05) is 15.9 Å². The molecule has 1 N–H and O–H groups in total. The van der Waals surface area contributed by atoms with Crippen molar-refractivity contribution in [2.45, 2.75) is 13.2 Å². The average molecular weight is 329 g/mol. The zero-order chi connectivity index (χ0) is 13.8. The highest BCUT2D eigenvalue weighted by Gasteiger charge is 2.06. The van der Waals surface area contributed by atoms with Crippen LogP contribution in [0.15, 0.2) is 40.9 Å². The lowest BCUT2D eigenvalue weighted by Crippen LogP contribution is -2.00. The van der Waals surface area contributed by atoms with Crippen molar-refractivity contribution in [2.75, 3.05) is 0 Å². The molecule has 0 atom stereocenters. The molecule has 19 heavy (non-hydrogen) atoms. The van der Waals surface area contributed by atoms with Gasteiger partial charge in [0.15, 0.2) is 0 Å². The molecule has 2 rings (SSSR count). The first-order valence-corrected chi connectivity index (χ1v) is 6.35. The van der Waals surface area contributed by atoms with E-state index < -0.39 is 11.6 Å². The van der Waals surface area contributed by atoms with Crippen LogP contribution in [0.4, 0.5) is 8.78 Å². The Hall–Kier alpha value is -1.46. The van der Waals surface area contributed by atoms with E-state index in [-0.39, 0.29) is 18.8 Å². The van der Waals surface area contributed by atoms with Crippen molar-refractivity contribution in [2.24, 2.45) is 0 Å². The summed E-state index contributed by atoms with van der Waals surface area (Å²) in [5.41, 5.74) is 0.811. The highest BCUT2D eigenvalue weighted by Crippen LogP contribution is 2.23. The maximum atomic E-state index is 13.4. The van der Waals surface area contributed by atoms with Gasteiger partial charge in [-0.05, 0) is 42.0 Å². The lowest BCUT2D eigenvalue weighted by Gasteiger charge is -2.09. The van der Waals surface area contributed by atoms with Crippen molar-refractivity contribution < 1.29 is 18.6 Å². The zero-order valence-corrected chi connectivity index (χ0v) is 11.5. The fourth-order valence-electron chi connectivity index (χ4n) is 1.58. The van der Waals surface area contributed by atoms with E-state index >= 15 is 0 Å². The predicted octanol–water partition coefficient (Wildman–Crippen LogP) is 3.80. The zero-order valence-electron chi connectivity index (χ0n) is 9.87. The number of hydrogen-bond acceptors (Lipinski definition) is 2. The molecular formula is C14H11BrF2O2. The Morgan fingerprint density at radius 3 is 2.58 bits per heavy atom. The largest absolute Gasteiger partial charge is 0.489 e. The second-order valence-electron chi connectivity index (χ2n) is 3.94. The minimum absolute atomic E-state index is 0.0733. The van der Waals surface area contributed by atoms with Gasteiger partial charge in [0.05, 0.1) is 6.61 Å². The quantitative estimate of drug-likeness (QED) is 0.925. The predicted molar refractivity (Wildman–Crippen MR) is 70.8 cm³/mol. The molecule has 2 aromatic carbocycles. The van der Waals surface area contributed by atoms with Crippen LogP contribution in [0.1, 0.15) is 11.1 Å². The summed E-state index contributed by atoms with van der Waals surface area (Å²) in [6.07, 6.45) is 0. The third kappa shape index (κ3) is 3.52. The maximum absolute atomic E-state index is 13.4. The summed E-state index contributed by atoms with van der Waals surface area (Å²) in [5.74, 6) is -0.538. The Morgan fingerprint density at radius 2 is 1.84 bits per heavy atom. The summed E-state index contributed by atoms with van der Waals surface area (Å²) in [5, 5.41) is 9.11. The summed E-state index contributed by atoms with van der Waals surface area (Å²) in [6, 6.07) is 8.27. The molecule has 0 fully saturated rings. The number of aliphatic hydroxyl groups excluding tert-OH is 1. The monoisotopic (exact) mass is 328 g/mol. The molecule has 2 nitrogen and oxygen atoms in total. The van der Waals surface area contributed by atoms with E-state index in [1.807, 2.05) is 0 Å². The molecule has 0 radical (unpaired) electrons. The molecule has 0 aliphatic carbocycles. The topological polar surface area (TPSA) is 29.5 Å². The number of benzene rings is 2. The van der Waals surface area contributed by atoms with Gasteiger partial charge in [-0.15, -0.1) is 0 Å². The number of ether oxygens (including phenoxy) is 1. The molecule has 0 aromatic heterocycles. The molecule has 5 heteroatoms. The minimum atomic E-state index is -0.513. The highest BCUT2D eigenvalue weighted by molar-refractivity contribution is 9.10. The molecule has 100 valence electrons. The second kappa shape index (κ2) is 6.12. The third-order valence-corrected chi connectivity index (χ3v) is 3.36. The molecule has 0 bridgehead atoms. The lowest BCUT2D eigenvalue weighted by molar-refractivity contribution is 0.276. The molecule has 0 spiro atoms. The molecule has 0 saturated carbocycles. The van der Waals surface area contributed by atoms with Crippen molar-refractivity contribution in [3.8, 4) is 5.75 Å². The Balaban J connectivity index is 2.12. The first kappa shape index (κ1) is 14.0. The summed E-state index contributed by atoms with van der Waals surface area (Å²) in [4.78, 5) is 0. The smallest absolute Gasteiger partial charge is 0.130 e. The van der Waals surface area contributed by atoms with Crippen LogP contribution >= 0.6 is 15.9 Å². The van der Waals surface area contributed by atoms with Crippen LogP contribution in [0.25, 0.3) is 0 Å². The highest BCUT2D eigenvalue weighted by atomic mass is 79.9. The Kier molecular flexibility index (Phi) is 4.50. The van der Waals surface area contributed by atoms with Crippen molar-refractivity contribution in [3.05, 3.63) is 63.6 Å². The van der Waals surface area contributed by atoms with Crippen LogP contribution in [0, 0.1) is 11.6 Å². The average Bonchev–Trinajstić information content (AvgIpc) is 2.41. The van der Waals surface area contributed by atoms with E-state index in [0.717, 1.165) is 22.7 Å². The summed E-state index contributed by atoms with van der Waals surface area (Å²) < 4.78 is 32.5. The number of rotatable bonds is 4. The number of halogens is 3. The minimum Gasteiger partial charge on any atom is -0.489 e. The molecule has 0 aliphatic heterocycles. The van der Waals surface area contributed by atoms with Gasteiger partial charge < -0.3 is 9.84 Å². The molecular weight excluding hydrogens is 318 g/mol. The van der Waals surface area contributed by atoms with Crippen LogP contribution in [0.3, 0.4) is 0 Å². The first-order valence-electron chi connectivity index (χ1n) is 5.56. The molecule has 0 aliphatic rings. The van der Waals surface area contributed by atoms with Crippen LogP contribution in [0.5, 0.6) is 5.75 Å². The molecule has 0 unspecified atom stereocenters. The molecule has 0 amide bonds. The van der Waals surface area contributed by atoms with E-state index in [1.165, 1.54) is 0 Å². The van der Waals surface area contributed by atoms with Crippen LogP contribution < -0.4 is 4.74 Å².